The molecule has 30 heavy (non-hydrogen) atoms. The second-order valence-corrected chi connectivity index (χ2v) is 8.85. The van der Waals surface area contributed by atoms with E-state index >= 15 is 0 Å². The van der Waals surface area contributed by atoms with Crippen molar-refractivity contribution in [2.75, 3.05) is 29.6 Å². The highest BCUT2D eigenvalue weighted by Crippen LogP contribution is 2.34. The van der Waals surface area contributed by atoms with Gasteiger partial charge in [0.05, 0.1) is 24.6 Å². The van der Waals surface area contributed by atoms with Gasteiger partial charge in [0, 0.05) is 25.3 Å². The second-order valence-electron chi connectivity index (χ2n) is 7.15. The predicted octanol–water partition coefficient (Wildman–Crippen LogP) is 0.876. The molecule has 0 saturated carbocycles. The normalized spacial score (nSPS) is 12.8. The quantitative estimate of drug-likeness (QED) is 0.319. The highest BCUT2D eigenvalue weighted by molar-refractivity contribution is 7.51. The Kier molecular flexibility index (Phi) is 6.47. The summed E-state index contributed by atoms with van der Waals surface area (Å²) in [5, 5.41) is 3.11. The molecule has 0 aliphatic rings. The molecule has 0 radical (unpaired) electrons. The van der Waals surface area contributed by atoms with Gasteiger partial charge < -0.3 is 31.5 Å². The maximum absolute atomic E-state index is 11.0. The second kappa shape index (κ2) is 8.88. The molecule has 1 aromatic carbocycles. The van der Waals surface area contributed by atoms with Crippen molar-refractivity contribution in [3.05, 3.63) is 41.7 Å². The Morgan fingerprint density at radius 2 is 1.87 bits per heavy atom. The van der Waals surface area contributed by atoms with E-state index in [1.807, 2.05) is 36.2 Å². The lowest BCUT2D eigenvalue weighted by Gasteiger charge is -2.20. The molecular formula is C18H25N8O3P. The Morgan fingerprint density at radius 3 is 2.53 bits per heavy atom. The molecule has 7 N–H and O–H groups in total. The van der Waals surface area contributed by atoms with Gasteiger partial charge >= 0.3 is 7.60 Å². The van der Waals surface area contributed by atoms with Crippen molar-refractivity contribution in [1.82, 2.24) is 25.3 Å². The fraction of sp³-hybridized carbons (Fsp3) is 0.333. The number of nitrogens with two attached hydrogens (primary N) is 2. The summed E-state index contributed by atoms with van der Waals surface area (Å²) in [6.45, 7) is 2.77. The molecule has 3 rings (SSSR count). The molecule has 0 fully saturated rings. The number of nitrogens with one attached hydrogen (secondary N) is 1. The van der Waals surface area contributed by atoms with Crippen LogP contribution in [0.1, 0.15) is 18.2 Å². The first-order valence-corrected chi connectivity index (χ1v) is 11.0. The summed E-state index contributed by atoms with van der Waals surface area (Å²) in [6, 6.07) is 7.58. The summed E-state index contributed by atoms with van der Waals surface area (Å²) in [5.41, 5.74) is 14.9. The summed E-state index contributed by atoms with van der Waals surface area (Å²) in [4.78, 5) is 36.8. The summed E-state index contributed by atoms with van der Waals surface area (Å²) < 4.78 is 11.0. The summed E-state index contributed by atoms with van der Waals surface area (Å²) >= 11 is 0. The Labute approximate surface area is 173 Å². The van der Waals surface area contributed by atoms with Crippen LogP contribution in [0.15, 0.2) is 30.5 Å². The van der Waals surface area contributed by atoms with Gasteiger partial charge in [0.2, 0.25) is 5.95 Å². The smallest absolute Gasteiger partial charge is 0.327 e. The fourth-order valence-corrected chi connectivity index (χ4v) is 3.82. The molecule has 0 bridgehead atoms. The van der Waals surface area contributed by atoms with Gasteiger partial charge in [0.25, 0.3) is 0 Å². The Morgan fingerprint density at radius 1 is 1.17 bits per heavy atom. The molecule has 0 saturated heterocycles. The Balaban J connectivity index is 1.62. The number of nitrogens with zero attached hydrogens (tertiary/aromatic N) is 5. The van der Waals surface area contributed by atoms with Crippen LogP contribution in [0, 0.1) is 0 Å². The minimum absolute atomic E-state index is 0.0601. The molecule has 11 nitrogen and oxygen atoms in total. The molecule has 2 aromatic heterocycles. The third-order valence-corrected chi connectivity index (χ3v) is 5.47. The first-order chi connectivity index (χ1) is 14.1. The van der Waals surface area contributed by atoms with Crippen molar-refractivity contribution in [3.8, 4) is 0 Å². The molecule has 0 aliphatic heterocycles. The zero-order valence-electron chi connectivity index (χ0n) is 16.7. The SMILES string of the molecule is CC(CP(=O)(O)O)NCc1ccc(N(C)Cc2cnc3nc(N)nc(N)c3n2)cc1. The van der Waals surface area contributed by atoms with E-state index in [0.29, 0.717) is 29.9 Å². The zero-order chi connectivity index (χ0) is 21.9. The summed E-state index contributed by atoms with van der Waals surface area (Å²) in [7, 11) is -2.09. The van der Waals surface area contributed by atoms with E-state index in [2.05, 4.69) is 25.3 Å². The average Bonchev–Trinajstić information content (AvgIpc) is 2.66. The van der Waals surface area contributed by atoms with E-state index in [0.717, 1.165) is 11.3 Å². The van der Waals surface area contributed by atoms with Crippen LogP contribution in [0.2, 0.25) is 0 Å². The fourth-order valence-electron chi connectivity index (χ4n) is 2.97. The number of hydrogen-bond donors (Lipinski definition) is 5. The lowest BCUT2D eigenvalue weighted by Crippen LogP contribution is -2.28. The van der Waals surface area contributed by atoms with E-state index in [1.165, 1.54) is 0 Å². The molecule has 12 heteroatoms. The van der Waals surface area contributed by atoms with E-state index < -0.39 is 7.60 Å². The van der Waals surface area contributed by atoms with E-state index in [-0.39, 0.29) is 24.0 Å². The maximum Gasteiger partial charge on any atom is 0.327 e. The number of fused-ring (bicyclic) bond motifs is 1. The molecule has 3 aromatic rings. The monoisotopic (exact) mass is 432 g/mol. The standard InChI is InChI=1S/C18H25N8O3P/c1-11(10-30(27,28)29)21-7-12-3-5-14(6-4-12)26(2)9-13-8-22-17-15(23-13)16(19)24-18(20)25-17/h3-6,8,11,21H,7,9-10H2,1-2H3,(H2,27,28,29)(H4,19,20,22,24,25). The first-order valence-electron chi connectivity index (χ1n) is 9.23. The van der Waals surface area contributed by atoms with Gasteiger partial charge in [-0.05, 0) is 24.6 Å². The van der Waals surface area contributed by atoms with Crippen molar-refractivity contribution >= 4 is 36.2 Å². The molecule has 0 amide bonds. The average molecular weight is 432 g/mol. The van der Waals surface area contributed by atoms with Gasteiger partial charge in [-0.15, -0.1) is 0 Å². The molecule has 160 valence electrons. The number of anilines is 3. The van der Waals surface area contributed by atoms with Crippen LogP contribution in [0.3, 0.4) is 0 Å². The van der Waals surface area contributed by atoms with Gasteiger partial charge in [-0.3, -0.25) is 4.57 Å². The van der Waals surface area contributed by atoms with E-state index in [9.17, 15) is 4.57 Å². The molecule has 1 atom stereocenters. The largest absolute Gasteiger partial charge is 0.382 e. The van der Waals surface area contributed by atoms with Crippen molar-refractivity contribution in [2.24, 2.45) is 0 Å². The number of benzene rings is 1. The van der Waals surface area contributed by atoms with Crippen LogP contribution in [-0.4, -0.2) is 49.0 Å². The lowest BCUT2D eigenvalue weighted by atomic mass is 10.2. The highest BCUT2D eigenvalue weighted by atomic mass is 31.2. The van der Waals surface area contributed by atoms with E-state index in [1.54, 1.807) is 13.1 Å². The summed E-state index contributed by atoms with van der Waals surface area (Å²) in [6.07, 6.45) is 1.44. The van der Waals surface area contributed by atoms with Gasteiger partial charge in [-0.2, -0.15) is 9.97 Å². The lowest BCUT2D eigenvalue weighted by molar-refractivity contribution is 0.365. The molecular weight excluding hydrogens is 407 g/mol. The van der Waals surface area contributed by atoms with Gasteiger partial charge in [0.15, 0.2) is 17.0 Å². The molecule has 0 spiro atoms. The predicted molar refractivity (Wildman–Crippen MR) is 116 cm³/mol. The minimum Gasteiger partial charge on any atom is -0.382 e. The highest BCUT2D eigenvalue weighted by Gasteiger charge is 2.17. The van der Waals surface area contributed by atoms with Crippen LogP contribution >= 0.6 is 7.60 Å². The van der Waals surface area contributed by atoms with Crippen molar-refractivity contribution < 1.29 is 14.4 Å². The van der Waals surface area contributed by atoms with Crippen molar-refractivity contribution in [1.29, 1.82) is 0 Å². The van der Waals surface area contributed by atoms with Crippen molar-refractivity contribution in [3.63, 3.8) is 0 Å². The Hall–Kier alpha value is -2.85. The number of aromatic nitrogens is 4. The molecule has 1 unspecified atom stereocenters. The van der Waals surface area contributed by atoms with Crippen LogP contribution in [0.25, 0.3) is 11.2 Å². The summed E-state index contributed by atoms with van der Waals surface area (Å²) in [5.74, 6) is 0.254. The first kappa shape index (κ1) is 21.8. The van der Waals surface area contributed by atoms with Crippen molar-refractivity contribution in [2.45, 2.75) is 26.1 Å². The van der Waals surface area contributed by atoms with E-state index in [4.69, 9.17) is 21.3 Å². The Bertz CT molecular complexity index is 1070. The van der Waals surface area contributed by atoms with Crippen LogP contribution in [0.5, 0.6) is 0 Å². The van der Waals surface area contributed by atoms with Crippen LogP contribution in [0.4, 0.5) is 17.5 Å². The third-order valence-electron chi connectivity index (χ3n) is 4.44. The van der Waals surface area contributed by atoms with Gasteiger partial charge in [-0.1, -0.05) is 12.1 Å². The maximum atomic E-state index is 11.0. The number of nitrogen functional groups attached to an aromatic ring is 2. The number of rotatable bonds is 8. The number of hydrogen-bond acceptors (Lipinski definition) is 9. The minimum atomic E-state index is -4.02. The molecule has 2 heterocycles. The van der Waals surface area contributed by atoms with Crippen LogP contribution in [-0.2, 0) is 17.7 Å². The topological polar surface area (TPSA) is 176 Å². The van der Waals surface area contributed by atoms with Gasteiger partial charge in [-0.25, -0.2) is 9.97 Å². The zero-order valence-corrected chi connectivity index (χ0v) is 17.6. The third kappa shape index (κ3) is 5.83. The van der Waals surface area contributed by atoms with Crippen LogP contribution < -0.4 is 21.7 Å². The molecule has 0 aliphatic carbocycles. The van der Waals surface area contributed by atoms with Gasteiger partial charge in [0.1, 0.15) is 0 Å².